The zero-order valence-corrected chi connectivity index (χ0v) is 19.4. The molecule has 2 aromatic carbocycles. The third kappa shape index (κ3) is 4.32. The second-order valence-corrected chi connectivity index (χ2v) is 9.52. The number of aliphatic hydroxyl groups is 2. The van der Waals surface area contributed by atoms with Crippen molar-refractivity contribution in [2.75, 3.05) is 37.8 Å². The number of nitrogens with zero attached hydrogens (tertiary/aromatic N) is 4. The van der Waals surface area contributed by atoms with Crippen molar-refractivity contribution >= 4 is 27.6 Å². The number of hydrogen-bond donors (Lipinski definition) is 3. The molecule has 1 aliphatic rings. The van der Waals surface area contributed by atoms with Gasteiger partial charge in [-0.15, -0.1) is 0 Å². The molecule has 0 spiro atoms. The molecule has 0 saturated carbocycles. The number of pyridine rings is 1. The zero-order valence-electron chi connectivity index (χ0n) is 19.4. The number of hydrogen-bond acceptors (Lipinski definition) is 7. The Kier molecular flexibility index (Phi) is 6.12. The van der Waals surface area contributed by atoms with Gasteiger partial charge >= 0.3 is 0 Å². The fourth-order valence-electron chi connectivity index (χ4n) is 4.31. The first-order valence-corrected chi connectivity index (χ1v) is 11.7. The van der Waals surface area contributed by atoms with Crippen LogP contribution in [-0.4, -0.2) is 63.7 Å². The van der Waals surface area contributed by atoms with Gasteiger partial charge in [0.15, 0.2) is 0 Å². The molecule has 0 bridgehead atoms. The van der Waals surface area contributed by atoms with Gasteiger partial charge in [-0.2, -0.15) is 0 Å². The summed E-state index contributed by atoms with van der Waals surface area (Å²) in [6.45, 7) is 3.56. The lowest BCUT2D eigenvalue weighted by Gasteiger charge is -2.32. The highest BCUT2D eigenvalue weighted by Gasteiger charge is 2.24. The Bertz CT molecular complexity index is 1290. The van der Waals surface area contributed by atoms with Gasteiger partial charge in [-0.25, -0.2) is 9.97 Å². The lowest BCUT2D eigenvalue weighted by molar-refractivity contribution is 0.0287. The van der Waals surface area contributed by atoms with E-state index >= 15 is 0 Å². The SMILES string of the molecule is CC(CO)(CO)COc1ccc2c(c1)ncn2-c1ccc2cccc(N3CCC(N)CC3)c2n1. The third-order valence-electron chi connectivity index (χ3n) is 6.68. The first-order valence-electron chi connectivity index (χ1n) is 11.7. The molecule has 1 fully saturated rings. The number of aliphatic hydroxyl groups excluding tert-OH is 2. The third-order valence-corrected chi connectivity index (χ3v) is 6.68. The molecule has 8 heteroatoms. The van der Waals surface area contributed by atoms with Crippen LogP contribution < -0.4 is 15.4 Å². The number of para-hydroxylation sites is 1. The van der Waals surface area contributed by atoms with Gasteiger partial charge in [0.25, 0.3) is 0 Å². The number of benzene rings is 2. The summed E-state index contributed by atoms with van der Waals surface area (Å²) in [4.78, 5) is 12.0. The Morgan fingerprint density at radius 2 is 1.88 bits per heavy atom. The van der Waals surface area contributed by atoms with E-state index in [4.69, 9.17) is 15.5 Å². The van der Waals surface area contributed by atoms with Crippen molar-refractivity contribution in [3.8, 4) is 11.6 Å². The van der Waals surface area contributed by atoms with E-state index < -0.39 is 5.41 Å². The van der Waals surface area contributed by atoms with Crippen LogP contribution in [0.1, 0.15) is 19.8 Å². The highest BCUT2D eigenvalue weighted by molar-refractivity contribution is 5.92. The summed E-state index contributed by atoms with van der Waals surface area (Å²) in [6, 6.07) is 16.4. The van der Waals surface area contributed by atoms with Crippen molar-refractivity contribution in [1.29, 1.82) is 0 Å². The van der Waals surface area contributed by atoms with Crippen LogP contribution in [0, 0.1) is 5.41 Å². The summed E-state index contributed by atoms with van der Waals surface area (Å²) in [6.07, 6.45) is 3.75. The molecule has 0 atom stereocenters. The molecule has 5 rings (SSSR count). The van der Waals surface area contributed by atoms with E-state index in [2.05, 4.69) is 34.1 Å². The molecule has 1 saturated heterocycles. The lowest BCUT2D eigenvalue weighted by Crippen LogP contribution is -2.39. The van der Waals surface area contributed by atoms with Crippen molar-refractivity contribution in [1.82, 2.24) is 14.5 Å². The Labute approximate surface area is 198 Å². The number of nitrogens with two attached hydrogens (primary N) is 1. The topological polar surface area (TPSA) is 110 Å². The van der Waals surface area contributed by atoms with Crippen LogP contribution in [0.3, 0.4) is 0 Å². The zero-order chi connectivity index (χ0) is 23.7. The molecule has 1 aliphatic heterocycles. The average molecular weight is 462 g/mol. The second kappa shape index (κ2) is 9.21. The minimum atomic E-state index is -0.694. The predicted octanol–water partition coefficient (Wildman–Crippen LogP) is 2.87. The monoisotopic (exact) mass is 461 g/mol. The highest BCUT2D eigenvalue weighted by Crippen LogP contribution is 2.30. The Hall–Kier alpha value is -3.20. The maximum Gasteiger partial charge on any atom is 0.139 e. The molecule has 2 aromatic heterocycles. The van der Waals surface area contributed by atoms with E-state index in [0.29, 0.717) is 5.75 Å². The molecule has 4 N–H and O–H groups in total. The van der Waals surface area contributed by atoms with E-state index in [0.717, 1.165) is 59.4 Å². The number of anilines is 1. The Balaban J connectivity index is 1.46. The lowest BCUT2D eigenvalue weighted by atomic mass is 9.94. The molecule has 0 aliphatic carbocycles. The molecule has 8 nitrogen and oxygen atoms in total. The van der Waals surface area contributed by atoms with E-state index in [-0.39, 0.29) is 25.9 Å². The van der Waals surface area contributed by atoms with Crippen LogP contribution in [0.25, 0.3) is 27.8 Å². The molecular weight excluding hydrogens is 430 g/mol. The van der Waals surface area contributed by atoms with Gasteiger partial charge in [0, 0.05) is 36.0 Å². The molecule has 0 radical (unpaired) electrons. The fraction of sp³-hybridized carbons (Fsp3) is 0.385. The maximum absolute atomic E-state index is 9.48. The van der Waals surface area contributed by atoms with E-state index in [9.17, 15) is 10.2 Å². The molecule has 178 valence electrons. The molecule has 0 unspecified atom stereocenters. The van der Waals surface area contributed by atoms with E-state index in [1.54, 1.807) is 13.3 Å². The number of fused-ring (bicyclic) bond motifs is 2. The quantitative estimate of drug-likeness (QED) is 0.388. The van der Waals surface area contributed by atoms with Crippen LogP contribution in [0.5, 0.6) is 5.75 Å². The molecule has 0 amide bonds. The number of ether oxygens (including phenoxy) is 1. The van der Waals surface area contributed by atoms with Gasteiger partial charge in [-0.1, -0.05) is 19.1 Å². The molecule has 4 aromatic rings. The minimum Gasteiger partial charge on any atom is -0.493 e. The van der Waals surface area contributed by atoms with Crippen LogP contribution >= 0.6 is 0 Å². The van der Waals surface area contributed by atoms with Gasteiger partial charge in [0.2, 0.25) is 0 Å². The summed E-state index contributed by atoms with van der Waals surface area (Å²) < 4.78 is 7.80. The summed E-state index contributed by atoms with van der Waals surface area (Å²) in [5.41, 5.74) is 9.24. The van der Waals surface area contributed by atoms with Gasteiger partial charge < -0.3 is 25.6 Å². The summed E-state index contributed by atoms with van der Waals surface area (Å²) in [5, 5.41) is 20.1. The van der Waals surface area contributed by atoms with E-state index in [1.807, 2.05) is 28.8 Å². The summed E-state index contributed by atoms with van der Waals surface area (Å²) in [5.74, 6) is 1.45. The van der Waals surface area contributed by atoms with Crippen molar-refractivity contribution in [3.05, 3.63) is 54.9 Å². The Morgan fingerprint density at radius 1 is 1.09 bits per heavy atom. The van der Waals surface area contributed by atoms with Crippen LogP contribution in [0.4, 0.5) is 5.69 Å². The number of rotatable bonds is 7. The van der Waals surface area contributed by atoms with Gasteiger partial charge in [0.1, 0.15) is 17.9 Å². The number of imidazole rings is 1. The first-order chi connectivity index (χ1) is 16.5. The van der Waals surface area contributed by atoms with Gasteiger partial charge in [0.05, 0.1) is 42.1 Å². The van der Waals surface area contributed by atoms with Crippen LogP contribution in [-0.2, 0) is 0 Å². The number of piperidine rings is 1. The van der Waals surface area contributed by atoms with Crippen molar-refractivity contribution in [3.63, 3.8) is 0 Å². The van der Waals surface area contributed by atoms with Crippen LogP contribution in [0.2, 0.25) is 0 Å². The summed E-state index contributed by atoms with van der Waals surface area (Å²) in [7, 11) is 0. The Morgan fingerprint density at radius 3 is 2.65 bits per heavy atom. The maximum atomic E-state index is 9.48. The van der Waals surface area contributed by atoms with Crippen LogP contribution in [0.15, 0.2) is 54.9 Å². The average Bonchev–Trinajstić information content (AvgIpc) is 3.30. The molecule has 3 heterocycles. The van der Waals surface area contributed by atoms with E-state index in [1.165, 1.54) is 0 Å². The van der Waals surface area contributed by atoms with Crippen molar-refractivity contribution in [2.24, 2.45) is 11.1 Å². The fourth-order valence-corrected chi connectivity index (χ4v) is 4.31. The van der Waals surface area contributed by atoms with Gasteiger partial charge in [-0.3, -0.25) is 4.57 Å². The number of aromatic nitrogens is 3. The highest BCUT2D eigenvalue weighted by atomic mass is 16.5. The molecular formula is C26H31N5O3. The van der Waals surface area contributed by atoms with Crippen molar-refractivity contribution in [2.45, 2.75) is 25.8 Å². The summed E-state index contributed by atoms with van der Waals surface area (Å²) >= 11 is 0. The second-order valence-electron chi connectivity index (χ2n) is 9.52. The first kappa shape index (κ1) is 22.6. The largest absolute Gasteiger partial charge is 0.493 e. The van der Waals surface area contributed by atoms with Gasteiger partial charge in [-0.05, 0) is 43.2 Å². The minimum absolute atomic E-state index is 0.153. The predicted molar refractivity (Wildman–Crippen MR) is 134 cm³/mol. The molecule has 34 heavy (non-hydrogen) atoms. The van der Waals surface area contributed by atoms with Crippen molar-refractivity contribution < 1.29 is 14.9 Å². The normalized spacial score (nSPS) is 15.4. The standard InChI is InChI=1S/C26H31N5O3/c1-26(14-32,15-33)16-34-20-6-7-22-21(13-20)28-17-31(22)24-8-5-18-3-2-4-23(25(18)29-24)30-11-9-19(27)10-12-30/h2-8,13,17,19,32-33H,9-12,14-16,27H2,1H3. The smallest absolute Gasteiger partial charge is 0.139 e.